The highest BCUT2D eigenvalue weighted by molar-refractivity contribution is 5.75. The summed E-state index contributed by atoms with van der Waals surface area (Å²) in [5, 5.41) is 2.89. The smallest absolute Gasteiger partial charge is 0.221 e. The standard InChI is InChI=1S/C15H24N2O2/c1-17(13-14-7-4-3-5-8-14)11-9-15(18)16-10-6-12-19-2/h3-5,7-8H,6,9-13H2,1-2H3,(H,16,18). The Morgan fingerprint density at radius 2 is 2.05 bits per heavy atom. The van der Waals surface area contributed by atoms with Crippen LogP contribution in [0.5, 0.6) is 0 Å². The van der Waals surface area contributed by atoms with E-state index in [1.807, 2.05) is 25.2 Å². The number of methoxy groups -OCH3 is 1. The Balaban J connectivity index is 2.12. The Morgan fingerprint density at radius 3 is 2.74 bits per heavy atom. The predicted octanol–water partition coefficient (Wildman–Crippen LogP) is 1.66. The van der Waals surface area contributed by atoms with E-state index in [0.29, 0.717) is 19.6 Å². The summed E-state index contributed by atoms with van der Waals surface area (Å²) in [6.07, 6.45) is 1.40. The molecule has 0 aromatic heterocycles. The third kappa shape index (κ3) is 7.59. The summed E-state index contributed by atoms with van der Waals surface area (Å²) < 4.78 is 4.93. The summed E-state index contributed by atoms with van der Waals surface area (Å²) in [6.45, 7) is 3.02. The Kier molecular flexibility index (Phi) is 7.86. The van der Waals surface area contributed by atoms with Gasteiger partial charge in [-0.2, -0.15) is 0 Å². The molecule has 4 heteroatoms. The van der Waals surface area contributed by atoms with Crippen LogP contribution >= 0.6 is 0 Å². The number of hydrogen-bond acceptors (Lipinski definition) is 3. The number of nitrogens with zero attached hydrogens (tertiary/aromatic N) is 1. The average molecular weight is 264 g/mol. The first-order valence-corrected chi connectivity index (χ1v) is 6.70. The van der Waals surface area contributed by atoms with Gasteiger partial charge in [0.25, 0.3) is 0 Å². The molecule has 0 saturated heterocycles. The van der Waals surface area contributed by atoms with E-state index in [4.69, 9.17) is 4.74 Å². The number of amides is 1. The molecule has 0 aliphatic rings. The first kappa shape index (κ1) is 15.7. The van der Waals surface area contributed by atoms with Crippen molar-refractivity contribution in [2.24, 2.45) is 0 Å². The fourth-order valence-corrected chi connectivity index (χ4v) is 1.80. The second-order valence-electron chi connectivity index (χ2n) is 4.67. The molecular weight excluding hydrogens is 240 g/mol. The Bertz CT molecular complexity index is 354. The highest BCUT2D eigenvalue weighted by Crippen LogP contribution is 2.02. The zero-order chi connectivity index (χ0) is 13.9. The second kappa shape index (κ2) is 9.53. The van der Waals surface area contributed by atoms with Crippen LogP contribution in [0.15, 0.2) is 30.3 Å². The van der Waals surface area contributed by atoms with E-state index in [0.717, 1.165) is 19.5 Å². The van der Waals surface area contributed by atoms with Crippen LogP contribution in [0.3, 0.4) is 0 Å². The molecular formula is C15H24N2O2. The van der Waals surface area contributed by atoms with Gasteiger partial charge in [0.15, 0.2) is 0 Å². The van der Waals surface area contributed by atoms with Crippen molar-refractivity contribution >= 4 is 5.91 Å². The molecule has 0 spiro atoms. The fourth-order valence-electron chi connectivity index (χ4n) is 1.80. The van der Waals surface area contributed by atoms with Crippen molar-refractivity contribution in [2.45, 2.75) is 19.4 Å². The maximum atomic E-state index is 11.6. The molecule has 106 valence electrons. The summed E-state index contributed by atoms with van der Waals surface area (Å²) in [6, 6.07) is 10.3. The van der Waals surface area contributed by atoms with Crippen LogP contribution in [0.2, 0.25) is 0 Å². The van der Waals surface area contributed by atoms with Crippen molar-refractivity contribution < 1.29 is 9.53 Å². The number of hydrogen-bond donors (Lipinski definition) is 1. The normalized spacial score (nSPS) is 10.7. The molecule has 1 N–H and O–H groups in total. The van der Waals surface area contributed by atoms with Crippen LogP contribution in [-0.4, -0.2) is 44.7 Å². The molecule has 1 amide bonds. The van der Waals surface area contributed by atoms with E-state index in [1.165, 1.54) is 5.56 Å². The number of ether oxygens (including phenoxy) is 1. The number of benzene rings is 1. The Hall–Kier alpha value is -1.39. The Labute approximate surface area is 115 Å². The monoisotopic (exact) mass is 264 g/mol. The molecule has 0 saturated carbocycles. The van der Waals surface area contributed by atoms with Crippen molar-refractivity contribution in [1.29, 1.82) is 0 Å². The van der Waals surface area contributed by atoms with E-state index in [9.17, 15) is 4.79 Å². The van der Waals surface area contributed by atoms with Crippen LogP contribution in [0.4, 0.5) is 0 Å². The first-order chi connectivity index (χ1) is 9.22. The molecule has 1 aromatic rings. The van der Waals surface area contributed by atoms with Crippen molar-refractivity contribution in [2.75, 3.05) is 33.9 Å². The van der Waals surface area contributed by atoms with Gasteiger partial charge in [0, 0.05) is 39.8 Å². The predicted molar refractivity (Wildman–Crippen MR) is 76.9 cm³/mol. The summed E-state index contributed by atoms with van der Waals surface area (Å²) >= 11 is 0. The lowest BCUT2D eigenvalue weighted by Gasteiger charge is -2.16. The summed E-state index contributed by atoms with van der Waals surface area (Å²) in [5.41, 5.74) is 1.27. The number of nitrogens with one attached hydrogen (secondary N) is 1. The zero-order valence-electron chi connectivity index (χ0n) is 11.9. The maximum Gasteiger partial charge on any atom is 0.221 e. The van der Waals surface area contributed by atoms with Gasteiger partial charge in [-0.15, -0.1) is 0 Å². The van der Waals surface area contributed by atoms with Crippen molar-refractivity contribution in [3.63, 3.8) is 0 Å². The molecule has 1 rings (SSSR count). The molecule has 0 fully saturated rings. The molecule has 1 aromatic carbocycles. The lowest BCUT2D eigenvalue weighted by molar-refractivity contribution is -0.121. The zero-order valence-corrected chi connectivity index (χ0v) is 11.9. The molecule has 0 bridgehead atoms. The van der Waals surface area contributed by atoms with Gasteiger partial charge in [0.1, 0.15) is 0 Å². The van der Waals surface area contributed by atoms with Gasteiger partial charge < -0.3 is 15.0 Å². The molecule has 0 aliphatic carbocycles. The molecule has 0 unspecified atom stereocenters. The van der Waals surface area contributed by atoms with E-state index in [1.54, 1.807) is 7.11 Å². The van der Waals surface area contributed by atoms with Crippen LogP contribution in [0.1, 0.15) is 18.4 Å². The Morgan fingerprint density at radius 1 is 1.32 bits per heavy atom. The van der Waals surface area contributed by atoms with E-state index < -0.39 is 0 Å². The topological polar surface area (TPSA) is 41.6 Å². The van der Waals surface area contributed by atoms with Gasteiger partial charge >= 0.3 is 0 Å². The average Bonchev–Trinajstić information content (AvgIpc) is 2.42. The van der Waals surface area contributed by atoms with Crippen LogP contribution in [0.25, 0.3) is 0 Å². The highest BCUT2D eigenvalue weighted by Gasteiger charge is 2.04. The first-order valence-electron chi connectivity index (χ1n) is 6.70. The molecule has 0 radical (unpaired) electrons. The lowest BCUT2D eigenvalue weighted by atomic mass is 10.2. The van der Waals surface area contributed by atoms with Gasteiger partial charge in [-0.3, -0.25) is 4.79 Å². The minimum atomic E-state index is 0.107. The number of carbonyl (C=O) groups excluding carboxylic acids is 1. The van der Waals surface area contributed by atoms with Gasteiger partial charge in [0.05, 0.1) is 0 Å². The van der Waals surface area contributed by atoms with Crippen molar-refractivity contribution in [3.05, 3.63) is 35.9 Å². The van der Waals surface area contributed by atoms with Crippen LogP contribution in [0, 0.1) is 0 Å². The quantitative estimate of drug-likeness (QED) is 0.690. The van der Waals surface area contributed by atoms with Gasteiger partial charge in [-0.1, -0.05) is 30.3 Å². The van der Waals surface area contributed by atoms with Crippen molar-refractivity contribution in [1.82, 2.24) is 10.2 Å². The number of rotatable bonds is 9. The molecule has 19 heavy (non-hydrogen) atoms. The second-order valence-corrected chi connectivity index (χ2v) is 4.67. The third-order valence-electron chi connectivity index (χ3n) is 2.86. The summed E-state index contributed by atoms with van der Waals surface area (Å²) in [4.78, 5) is 13.7. The minimum Gasteiger partial charge on any atom is -0.385 e. The molecule has 4 nitrogen and oxygen atoms in total. The lowest BCUT2D eigenvalue weighted by Crippen LogP contribution is -2.29. The van der Waals surface area contributed by atoms with Gasteiger partial charge in [-0.05, 0) is 19.0 Å². The van der Waals surface area contributed by atoms with Crippen LogP contribution in [-0.2, 0) is 16.1 Å². The summed E-state index contributed by atoms with van der Waals surface area (Å²) in [5.74, 6) is 0.107. The maximum absolute atomic E-state index is 11.6. The SMILES string of the molecule is COCCCNC(=O)CCN(C)Cc1ccccc1. The van der Waals surface area contributed by atoms with E-state index >= 15 is 0 Å². The van der Waals surface area contributed by atoms with Gasteiger partial charge in [-0.25, -0.2) is 0 Å². The summed E-state index contributed by atoms with van der Waals surface area (Å²) in [7, 11) is 3.70. The highest BCUT2D eigenvalue weighted by atomic mass is 16.5. The van der Waals surface area contributed by atoms with E-state index in [-0.39, 0.29) is 5.91 Å². The number of carbonyl (C=O) groups is 1. The minimum absolute atomic E-state index is 0.107. The molecule has 0 aliphatic heterocycles. The van der Waals surface area contributed by atoms with E-state index in [2.05, 4.69) is 22.3 Å². The largest absolute Gasteiger partial charge is 0.385 e. The van der Waals surface area contributed by atoms with Crippen molar-refractivity contribution in [3.8, 4) is 0 Å². The fraction of sp³-hybridized carbons (Fsp3) is 0.533. The van der Waals surface area contributed by atoms with Crippen LogP contribution < -0.4 is 5.32 Å². The third-order valence-corrected chi connectivity index (χ3v) is 2.86. The molecule has 0 heterocycles. The van der Waals surface area contributed by atoms with Gasteiger partial charge in [0.2, 0.25) is 5.91 Å². The molecule has 0 atom stereocenters.